The fourth-order valence-corrected chi connectivity index (χ4v) is 9.70. The number of nitrogens with one attached hydrogen (secondary N) is 3. The maximum absolute atomic E-state index is 13.9. The van der Waals surface area contributed by atoms with Crippen molar-refractivity contribution in [2.75, 3.05) is 38.2 Å². The minimum absolute atomic E-state index is 0.0301. The zero-order valence-electron chi connectivity index (χ0n) is 32.5. The van der Waals surface area contributed by atoms with Gasteiger partial charge < -0.3 is 24.5 Å². The number of nitro benzene ring substituents is 1. The molecule has 0 spiro atoms. The summed E-state index contributed by atoms with van der Waals surface area (Å²) >= 11 is 0. The van der Waals surface area contributed by atoms with Crippen LogP contribution in [0.5, 0.6) is 11.5 Å². The SMILES string of the molecule is O=C(NS(=O)(=O)c1ccc(NC[C@H]2COCCO2)c([N+](=O)[O-])c1)c1ccc(C2=CCC(N3CCC[C@H]3c3ccccc3C3CC3)CC2)cc1Oc1cnc2[nH]ccc2c1. The van der Waals surface area contributed by atoms with Gasteiger partial charge in [-0.1, -0.05) is 36.4 Å². The lowest BCUT2D eigenvalue weighted by molar-refractivity contribution is -0.384. The Bertz CT molecular complexity index is 2530. The first-order chi connectivity index (χ1) is 28.7. The number of allylic oxidation sites excluding steroid dienone is 1. The van der Waals surface area contributed by atoms with Crippen molar-refractivity contribution in [2.24, 2.45) is 0 Å². The number of carbonyl (C=O) groups excluding carboxylic acids is 1. The van der Waals surface area contributed by atoms with Crippen molar-refractivity contribution in [3.63, 3.8) is 0 Å². The molecule has 0 bridgehead atoms. The van der Waals surface area contributed by atoms with Crippen LogP contribution in [0.1, 0.15) is 84.0 Å². The van der Waals surface area contributed by atoms with Crippen molar-refractivity contribution in [1.82, 2.24) is 19.6 Å². The standard InChI is InChI=1S/C44H46N6O8S/c51-44(48-59(54,55)35-14-16-39(41(24-35)50(52)53)46-26-34-27-56-20-21-57-34)38-15-11-30(23-42(38)58-33-22-31-17-18-45-43(31)47-25-33)28-9-12-32(13-10-28)49-19-3-6-40(49)37-5-2-1-4-36(37)29-7-8-29/h1-2,4-5,9,11,14-18,22-25,29,32,34,40,46H,3,6-8,10,12-13,19-21,26-27H2,(H,45,47)(H,48,51)/t32?,34-,40-/m0/s1. The number of nitrogens with zero attached hydrogens (tertiary/aromatic N) is 3. The van der Waals surface area contributed by atoms with Gasteiger partial charge in [-0.2, -0.15) is 0 Å². The van der Waals surface area contributed by atoms with Crippen LogP contribution in [0.4, 0.5) is 11.4 Å². The molecule has 2 aliphatic heterocycles. The summed E-state index contributed by atoms with van der Waals surface area (Å²) in [7, 11) is -4.57. The Morgan fingerprint density at radius 2 is 1.88 bits per heavy atom. The summed E-state index contributed by atoms with van der Waals surface area (Å²) in [5.41, 5.74) is 5.29. The van der Waals surface area contributed by atoms with E-state index in [1.807, 2.05) is 12.1 Å². The highest BCUT2D eigenvalue weighted by Crippen LogP contribution is 2.47. The maximum atomic E-state index is 13.9. The first-order valence-electron chi connectivity index (χ1n) is 20.3. The predicted octanol–water partition coefficient (Wildman–Crippen LogP) is 7.86. The van der Waals surface area contributed by atoms with E-state index in [-0.39, 0.29) is 29.6 Å². The summed E-state index contributed by atoms with van der Waals surface area (Å²) in [5, 5.41) is 15.8. The van der Waals surface area contributed by atoms with Crippen LogP contribution < -0.4 is 14.8 Å². The number of carbonyl (C=O) groups is 1. The number of ether oxygens (including phenoxy) is 3. The van der Waals surface area contributed by atoms with Gasteiger partial charge in [-0.15, -0.1) is 0 Å². The molecule has 59 heavy (non-hydrogen) atoms. The molecular weight excluding hydrogens is 773 g/mol. The molecule has 4 aliphatic rings. The van der Waals surface area contributed by atoms with Crippen molar-refractivity contribution in [1.29, 1.82) is 0 Å². The summed E-state index contributed by atoms with van der Waals surface area (Å²) in [6.45, 7) is 2.52. The van der Waals surface area contributed by atoms with E-state index < -0.39 is 31.4 Å². The quantitative estimate of drug-likeness (QED) is 0.0778. The molecule has 1 unspecified atom stereocenters. The molecular formula is C44H46N6O8S. The Balaban J connectivity index is 0.954. The smallest absolute Gasteiger partial charge is 0.293 e. The predicted molar refractivity (Wildman–Crippen MR) is 222 cm³/mol. The molecule has 9 rings (SSSR count). The van der Waals surface area contributed by atoms with Gasteiger partial charge in [0, 0.05) is 36.3 Å². The molecule has 1 amide bonds. The average Bonchev–Trinajstić information content (AvgIpc) is 3.79. The van der Waals surface area contributed by atoms with Crippen LogP contribution in [0.2, 0.25) is 0 Å². The molecule has 1 saturated carbocycles. The van der Waals surface area contributed by atoms with E-state index in [1.54, 1.807) is 24.4 Å². The van der Waals surface area contributed by atoms with Gasteiger partial charge in [0.05, 0.1) is 47.5 Å². The number of anilines is 1. The second kappa shape index (κ2) is 16.6. The molecule has 5 aromatic rings. The molecule has 3 aromatic carbocycles. The van der Waals surface area contributed by atoms with Crippen molar-refractivity contribution in [3.05, 3.63) is 124 Å². The summed E-state index contributed by atoms with van der Waals surface area (Å²) in [4.78, 5) is 35.0. The van der Waals surface area contributed by atoms with Crippen LogP contribution in [0, 0.1) is 10.1 Å². The second-order valence-corrected chi connectivity index (χ2v) is 17.4. The molecule has 2 aliphatic carbocycles. The maximum Gasteiger partial charge on any atom is 0.293 e. The number of nitro groups is 1. The number of likely N-dealkylation sites (tertiary alicyclic amines) is 1. The van der Waals surface area contributed by atoms with Gasteiger partial charge in [-0.3, -0.25) is 19.8 Å². The van der Waals surface area contributed by atoms with Crippen LogP contribution in [-0.4, -0.2) is 79.2 Å². The van der Waals surface area contributed by atoms with E-state index in [4.69, 9.17) is 14.2 Å². The number of hydrogen-bond acceptors (Lipinski definition) is 11. The van der Waals surface area contributed by atoms with Gasteiger partial charge in [-0.25, -0.2) is 18.1 Å². The van der Waals surface area contributed by atoms with E-state index in [2.05, 4.69) is 55.2 Å². The molecule has 0 radical (unpaired) electrons. The third-order valence-electron chi connectivity index (χ3n) is 11.8. The van der Waals surface area contributed by atoms with E-state index in [0.717, 1.165) is 48.4 Å². The number of fused-ring (bicyclic) bond motifs is 1. The molecule has 15 heteroatoms. The third kappa shape index (κ3) is 8.46. The summed E-state index contributed by atoms with van der Waals surface area (Å²) in [6, 6.07) is 22.1. The molecule has 14 nitrogen and oxygen atoms in total. The number of hydrogen-bond donors (Lipinski definition) is 3. The van der Waals surface area contributed by atoms with E-state index >= 15 is 0 Å². The van der Waals surface area contributed by atoms with Gasteiger partial charge in [-0.05, 0) is 116 Å². The van der Waals surface area contributed by atoms with Crippen LogP contribution in [0.15, 0.2) is 96.2 Å². The molecule has 3 fully saturated rings. The van der Waals surface area contributed by atoms with Crippen molar-refractivity contribution >= 4 is 43.9 Å². The van der Waals surface area contributed by atoms with Gasteiger partial charge in [0.15, 0.2) is 0 Å². The summed E-state index contributed by atoms with van der Waals surface area (Å²) in [6.07, 6.45) is 12.9. The fourth-order valence-electron chi connectivity index (χ4n) is 8.71. The topological polar surface area (TPSA) is 178 Å². The number of rotatable bonds is 13. The normalized spacial score (nSPS) is 21.2. The lowest BCUT2D eigenvalue weighted by Gasteiger charge is -2.36. The lowest BCUT2D eigenvalue weighted by atomic mass is 9.88. The minimum Gasteiger partial charge on any atom is -0.455 e. The Hall–Kier alpha value is -5.61. The largest absolute Gasteiger partial charge is 0.455 e. The lowest BCUT2D eigenvalue weighted by Crippen LogP contribution is -2.36. The summed E-state index contributed by atoms with van der Waals surface area (Å²) in [5.74, 6) is 0.253. The first-order valence-corrected chi connectivity index (χ1v) is 21.8. The number of benzene rings is 3. The monoisotopic (exact) mass is 818 g/mol. The Kier molecular flexibility index (Phi) is 10.9. The van der Waals surface area contributed by atoms with Crippen LogP contribution in [-0.2, 0) is 19.5 Å². The molecule has 2 saturated heterocycles. The number of sulfonamides is 1. The average molecular weight is 819 g/mol. The second-order valence-electron chi connectivity index (χ2n) is 15.7. The highest BCUT2D eigenvalue weighted by atomic mass is 32.2. The fraction of sp³-hybridized carbons (Fsp3) is 0.364. The molecule has 4 heterocycles. The Morgan fingerprint density at radius 1 is 1.02 bits per heavy atom. The third-order valence-corrected chi connectivity index (χ3v) is 13.2. The van der Waals surface area contributed by atoms with Crippen molar-refractivity contribution in [3.8, 4) is 11.5 Å². The van der Waals surface area contributed by atoms with Crippen molar-refractivity contribution in [2.45, 2.75) is 73.9 Å². The van der Waals surface area contributed by atoms with Crippen LogP contribution >= 0.6 is 0 Å². The summed E-state index contributed by atoms with van der Waals surface area (Å²) < 4.78 is 46.7. The van der Waals surface area contributed by atoms with E-state index in [0.29, 0.717) is 49.2 Å². The van der Waals surface area contributed by atoms with E-state index in [9.17, 15) is 23.3 Å². The van der Waals surface area contributed by atoms with E-state index in [1.165, 1.54) is 55.1 Å². The highest BCUT2D eigenvalue weighted by Gasteiger charge is 2.36. The first kappa shape index (κ1) is 38.9. The Morgan fingerprint density at radius 3 is 2.66 bits per heavy atom. The van der Waals surface area contributed by atoms with Gasteiger partial charge in [0.25, 0.3) is 21.6 Å². The molecule has 2 aromatic heterocycles. The molecule has 306 valence electrons. The number of pyridine rings is 1. The molecule has 3 atom stereocenters. The Labute approximate surface area is 342 Å². The number of H-pyrrole nitrogens is 1. The number of amides is 1. The van der Waals surface area contributed by atoms with Crippen LogP contribution in [0.25, 0.3) is 16.6 Å². The zero-order chi connectivity index (χ0) is 40.5. The number of aromatic nitrogens is 2. The number of aromatic amines is 1. The van der Waals surface area contributed by atoms with Crippen LogP contribution in [0.3, 0.4) is 0 Å². The minimum atomic E-state index is -4.57. The zero-order valence-corrected chi connectivity index (χ0v) is 33.3. The van der Waals surface area contributed by atoms with Gasteiger partial charge >= 0.3 is 0 Å². The highest BCUT2D eigenvalue weighted by molar-refractivity contribution is 7.90. The van der Waals surface area contributed by atoms with Gasteiger partial charge in [0.1, 0.15) is 22.8 Å². The molecule has 3 N–H and O–H groups in total. The van der Waals surface area contributed by atoms with Gasteiger partial charge in [0.2, 0.25) is 0 Å². The van der Waals surface area contributed by atoms with Crippen molar-refractivity contribution < 1.29 is 32.3 Å².